The number of hydrogen-bond acceptors (Lipinski definition) is 2. The fourth-order valence-electron chi connectivity index (χ4n) is 1.11. The van der Waals surface area contributed by atoms with Gasteiger partial charge < -0.3 is 0 Å². The third-order valence-electron chi connectivity index (χ3n) is 2.27. The van der Waals surface area contributed by atoms with Gasteiger partial charge in [-0.2, -0.15) is 18.3 Å². The van der Waals surface area contributed by atoms with Crippen LogP contribution in [0.15, 0.2) is 5.10 Å². The minimum atomic E-state index is -4.40. The summed E-state index contributed by atoms with van der Waals surface area (Å²) in [6, 6.07) is 0. The number of carbonyl (C=O) groups is 1. The van der Waals surface area contributed by atoms with Gasteiger partial charge in [0.15, 0.2) is 0 Å². The molecule has 0 aromatic heterocycles. The fraction of sp³-hybridized carbons (Fsp3) is 0.750. The second-order valence-corrected chi connectivity index (χ2v) is 3.79. The van der Waals surface area contributed by atoms with Crippen molar-refractivity contribution in [2.24, 2.45) is 10.5 Å². The average molecular weight is 208 g/mol. The smallest absolute Gasteiger partial charge is 0.272 e. The van der Waals surface area contributed by atoms with Gasteiger partial charge >= 0.3 is 6.18 Å². The molecule has 14 heavy (non-hydrogen) atoms. The number of hydrogen-bond donors (Lipinski definition) is 0. The van der Waals surface area contributed by atoms with Gasteiger partial charge in [0.2, 0.25) is 0 Å². The Kier molecular flexibility index (Phi) is 2.33. The van der Waals surface area contributed by atoms with Crippen molar-refractivity contribution in [1.82, 2.24) is 5.01 Å². The fourth-order valence-corrected chi connectivity index (χ4v) is 1.11. The van der Waals surface area contributed by atoms with Gasteiger partial charge in [-0.15, -0.1) is 0 Å². The van der Waals surface area contributed by atoms with Crippen molar-refractivity contribution in [1.29, 1.82) is 0 Å². The molecule has 0 spiro atoms. The Balaban J connectivity index is 2.83. The first-order valence-electron chi connectivity index (χ1n) is 4.09. The predicted molar refractivity (Wildman–Crippen MR) is 44.7 cm³/mol. The van der Waals surface area contributed by atoms with Crippen LogP contribution in [0, 0.1) is 5.41 Å². The molecule has 80 valence electrons. The van der Waals surface area contributed by atoms with Crippen LogP contribution in [-0.4, -0.2) is 29.3 Å². The molecule has 0 radical (unpaired) electrons. The van der Waals surface area contributed by atoms with Crippen LogP contribution in [0.4, 0.5) is 13.2 Å². The Hall–Kier alpha value is -1.07. The van der Waals surface area contributed by atoms with Gasteiger partial charge in [-0.05, 0) is 20.8 Å². The van der Waals surface area contributed by atoms with Gasteiger partial charge in [0, 0.05) is 0 Å². The second-order valence-electron chi connectivity index (χ2n) is 3.79. The highest BCUT2D eigenvalue weighted by atomic mass is 19.4. The zero-order chi connectivity index (χ0) is 11.1. The van der Waals surface area contributed by atoms with Crippen LogP contribution >= 0.6 is 0 Å². The summed E-state index contributed by atoms with van der Waals surface area (Å²) in [4.78, 5) is 11.4. The maximum atomic E-state index is 12.0. The zero-order valence-corrected chi connectivity index (χ0v) is 8.14. The van der Waals surface area contributed by atoms with E-state index in [2.05, 4.69) is 5.10 Å². The molecule has 0 saturated carbocycles. The van der Waals surface area contributed by atoms with Crippen LogP contribution in [0.1, 0.15) is 20.8 Å². The van der Waals surface area contributed by atoms with Crippen LogP contribution in [0.5, 0.6) is 0 Å². The summed E-state index contributed by atoms with van der Waals surface area (Å²) < 4.78 is 36.0. The molecule has 0 aromatic carbocycles. The van der Waals surface area contributed by atoms with Gasteiger partial charge in [-0.3, -0.25) is 4.79 Å². The number of halogens is 3. The third kappa shape index (κ3) is 1.88. The molecular formula is C8H11F3N2O. The molecule has 0 unspecified atom stereocenters. The van der Waals surface area contributed by atoms with E-state index in [0.29, 0.717) is 10.7 Å². The van der Waals surface area contributed by atoms with E-state index >= 15 is 0 Å². The standard InChI is InChI=1S/C8H11F3N2O/c1-5-7(2,3)6(14)13(12-5)4-8(9,10)11/h4H2,1-3H3. The Morgan fingerprint density at radius 3 is 2.21 bits per heavy atom. The molecule has 1 aliphatic rings. The SMILES string of the molecule is CC1=NN(CC(F)(F)F)C(=O)C1(C)C. The largest absolute Gasteiger partial charge is 0.408 e. The van der Waals surface area contributed by atoms with Crippen LogP contribution in [0.2, 0.25) is 0 Å². The summed E-state index contributed by atoms with van der Waals surface area (Å²) >= 11 is 0. The lowest BCUT2D eigenvalue weighted by atomic mass is 9.88. The number of amides is 1. The van der Waals surface area contributed by atoms with Crippen molar-refractivity contribution in [3.05, 3.63) is 0 Å². The molecule has 0 bridgehead atoms. The zero-order valence-electron chi connectivity index (χ0n) is 8.14. The molecule has 0 aliphatic carbocycles. The van der Waals surface area contributed by atoms with Gasteiger partial charge in [0.1, 0.15) is 6.54 Å². The molecule has 3 nitrogen and oxygen atoms in total. The highest BCUT2D eigenvalue weighted by Gasteiger charge is 2.44. The molecule has 0 atom stereocenters. The highest BCUT2D eigenvalue weighted by Crippen LogP contribution is 2.30. The Bertz CT molecular complexity index is 293. The van der Waals surface area contributed by atoms with Gasteiger partial charge in [-0.25, -0.2) is 5.01 Å². The van der Waals surface area contributed by atoms with Crippen molar-refractivity contribution in [2.45, 2.75) is 26.9 Å². The van der Waals surface area contributed by atoms with E-state index in [1.165, 1.54) is 0 Å². The third-order valence-corrected chi connectivity index (χ3v) is 2.27. The second kappa shape index (κ2) is 2.96. The highest BCUT2D eigenvalue weighted by molar-refractivity contribution is 6.10. The van der Waals surface area contributed by atoms with Crippen LogP contribution in [0.3, 0.4) is 0 Å². The number of rotatable bonds is 1. The molecule has 0 aromatic rings. The van der Waals surface area contributed by atoms with Crippen molar-refractivity contribution >= 4 is 11.6 Å². The van der Waals surface area contributed by atoms with E-state index in [4.69, 9.17) is 0 Å². The molecule has 0 saturated heterocycles. The monoisotopic (exact) mass is 208 g/mol. The number of alkyl halides is 3. The topological polar surface area (TPSA) is 32.7 Å². The van der Waals surface area contributed by atoms with Crippen molar-refractivity contribution < 1.29 is 18.0 Å². The lowest BCUT2D eigenvalue weighted by Crippen LogP contribution is -2.38. The average Bonchev–Trinajstić information content (AvgIpc) is 2.12. The lowest BCUT2D eigenvalue weighted by Gasteiger charge is -2.19. The molecule has 1 rings (SSSR count). The molecule has 1 heterocycles. The predicted octanol–water partition coefficient (Wildman–Crippen LogP) is 1.79. The minimum absolute atomic E-state index is 0.409. The van der Waals surface area contributed by atoms with Crippen molar-refractivity contribution in [2.75, 3.05) is 6.54 Å². The molecule has 1 aliphatic heterocycles. The Labute approximate surface area is 79.6 Å². The van der Waals surface area contributed by atoms with Crippen LogP contribution in [-0.2, 0) is 4.79 Å². The van der Waals surface area contributed by atoms with E-state index in [1.54, 1.807) is 20.8 Å². The summed E-state index contributed by atoms with van der Waals surface area (Å²) in [7, 11) is 0. The molecule has 6 heteroatoms. The lowest BCUT2D eigenvalue weighted by molar-refractivity contribution is -0.162. The molecular weight excluding hydrogens is 197 g/mol. The van der Waals surface area contributed by atoms with Crippen LogP contribution in [0.25, 0.3) is 0 Å². The van der Waals surface area contributed by atoms with Gasteiger partial charge in [0.25, 0.3) is 5.91 Å². The van der Waals surface area contributed by atoms with Crippen LogP contribution < -0.4 is 0 Å². The first kappa shape index (κ1) is 11.0. The maximum absolute atomic E-state index is 12.0. The Morgan fingerprint density at radius 2 is 1.93 bits per heavy atom. The molecule has 1 amide bonds. The van der Waals surface area contributed by atoms with Gasteiger partial charge in [-0.1, -0.05) is 0 Å². The van der Waals surface area contributed by atoms with E-state index in [1.807, 2.05) is 0 Å². The normalized spacial score (nSPS) is 21.4. The van der Waals surface area contributed by atoms with Gasteiger partial charge in [0.05, 0.1) is 11.1 Å². The molecule has 0 N–H and O–H groups in total. The van der Waals surface area contributed by atoms with Crippen molar-refractivity contribution in [3.63, 3.8) is 0 Å². The maximum Gasteiger partial charge on any atom is 0.408 e. The Morgan fingerprint density at radius 1 is 1.43 bits per heavy atom. The summed E-state index contributed by atoms with van der Waals surface area (Å²) in [5, 5.41) is 4.07. The first-order valence-corrected chi connectivity index (χ1v) is 4.09. The first-order chi connectivity index (χ1) is 6.14. The number of hydrazone groups is 1. The summed E-state index contributed by atoms with van der Waals surface area (Å²) in [5.74, 6) is -0.604. The van der Waals surface area contributed by atoms with E-state index < -0.39 is 24.0 Å². The molecule has 0 fully saturated rings. The van der Waals surface area contributed by atoms with E-state index in [0.717, 1.165) is 0 Å². The number of nitrogens with zero attached hydrogens (tertiary/aromatic N) is 2. The quantitative estimate of drug-likeness (QED) is 0.646. The van der Waals surface area contributed by atoms with E-state index in [-0.39, 0.29) is 0 Å². The van der Waals surface area contributed by atoms with E-state index in [9.17, 15) is 18.0 Å². The number of carbonyl (C=O) groups excluding carboxylic acids is 1. The summed E-state index contributed by atoms with van der Waals surface area (Å²) in [6.07, 6.45) is -4.40. The minimum Gasteiger partial charge on any atom is -0.272 e. The summed E-state index contributed by atoms with van der Waals surface area (Å²) in [6.45, 7) is 3.36. The summed E-state index contributed by atoms with van der Waals surface area (Å²) in [5.41, 5.74) is -0.502. The van der Waals surface area contributed by atoms with Crippen molar-refractivity contribution in [3.8, 4) is 0 Å².